The van der Waals surface area contributed by atoms with Crippen LogP contribution < -0.4 is 5.56 Å². The van der Waals surface area contributed by atoms with E-state index in [-0.39, 0.29) is 5.56 Å². The van der Waals surface area contributed by atoms with E-state index in [0.29, 0.717) is 16.0 Å². The van der Waals surface area contributed by atoms with Gasteiger partial charge in [-0.25, -0.2) is 9.97 Å². The zero-order chi connectivity index (χ0) is 11.0. The van der Waals surface area contributed by atoms with Crippen LogP contribution in [0.1, 0.15) is 11.4 Å². The maximum Gasteiger partial charge on any atom is 0.265 e. The van der Waals surface area contributed by atoms with Crippen LogP contribution in [0.5, 0.6) is 0 Å². The van der Waals surface area contributed by atoms with Crippen LogP contribution in [0, 0.1) is 13.8 Å². The number of thiazole rings is 1. The molecule has 0 bridgehead atoms. The number of aromatic amines is 1. The lowest BCUT2D eigenvalue weighted by atomic mass is 10.4. The number of hydrogen-bond donors (Lipinski definition) is 1. The molecule has 0 spiro atoms. The van der Waals surface area contributed by atoms with Crippen molar-refractivity contribution in [1.82, 2.24) is 15.0 Å². The number of aryl methyl sites for hydroxylation is 2. The number of H-pyrrole nitrogens is 1. The second-order valence-corrected chi connectivity index (χ2v) is 4.76. The fourth-order valence-corrected chi connectivity index (χ4v) is 2.06. The molecule has 1 N–H and O–H groups in total. The molecule has 0 radical (unpaired) electrons. The first kappa shape index (κ1) is 10.5. The van der Waals surface area contributed by atoms with Gasteiger partial charge in [0.25, 0.3) is 5.56 Å². The van der Waals surface area contributed by atoms with Crippen molar-refractivity contribution >= 4 is 27.3 Å². The molecule has 0 aliphatic rings. The average Bonchev–Trinajstić information content (AvgIpc) is 2.60. The third-order valence-electron chi connectivity index (χ3n) is 1.85. The van der Waals surface area contributed by atoms with Gasteiger partial charge in [-0.1, -0.05) is 0 Å². The van der Waals surface area contributed by atoms with Gasteiger partial charge >= 0.3 is 0 Å². The second-order valence-electron chi connectivity index (χ2n) is 3.11. The molecule has 0 aliphatic heterocycles. The molecule has 6 heteroatoms. The van der Waals surface area contributed by atoms with E-state index in [1.54, 1.807) is 6.92 Å². The molecule has 15 heavy (non-hydrogen) atoms. The highest BCUT2D eigenvalue weighted by molar-refractivity contribution is 9.10. The van der Waals surface area contributed by atoms with E-state index in [9.17, 15) is 4.79 Å². The zero-order valence-corrected chi connectivity index (χ0v) is 10.6. The van der Waals surface area contributed by atoms with Gasteiger partial charge in [-0.2, -0.15) is 0 Å². The van der Waals surface area contributed by atoms with Gasteiger partial charge in [0.05, 0.1) is 5.69 Å². The molecule has 4 nitrogen and oxygen atoms in total. The lowest BCUT2D eigenvalue weighted by Crippen LogP contribution is -2.11. The van der Waals surface area contributed by atoms with E-state index in [0.717, 1.165) is 10.7 Å². The molecule has 2 rings (SSSR count). The minimum Gasteiger partial charge on any atom is -0.304 e. The summed E-state index contributed by atoms with van der Waals surface area (Å²) >= 11 is 4.63. The summed E-state index contributed by atoms with van der Waals surface area (Å²) in [7, 11) is 0. The Balaban J connectivity index is 2.60. The normalized spacial score (nSPS) is 10.6. The summed E-state index contributed by atoms with van der Waals surface area (Å²) in [4.78, 5) is 22.7. The van der Waals surface area contributed by atoms with Gasteiger partial charge in [0.2, 0.25) is 0 Å². The third kappa shape index (κ3) is 2.00. The summed E-state index contributed by atoms with van der Waals surface area (Å²) in [5.74, 6) is 0.527. The Hall–Kier alpha value is -1.01. The molecule has 78 valence electrons. The van der Waals surface area contributed by atoms with Crippen LogP contribution >= 0.6 is 27.3 Å². The largest absolute Gasteiger partial charge is 0.304 e. The van der Waals surface area contributed by atoms with Crippen molar-refractivity contribution in [3.05, 3.63) is 31.6 Å². The van der Waals surface area contributed by atoms with Crippen LogP contribution in [0.2, 0.25) is 0 Å². The van der Waals surface area contributed by atoms with Crippen molar-refractivity contribution in [2.24, 2.45) is 0 Å². The van der Waals surface area contributed by atoms with Crippen molar-refractivity contribution in [2.45, 2.75) is 13.8 Å². The highest BCUT2D eigenvalue weighted by Gasteiger charge is 2.09. The van der Waals surface area contributed by atoms with E-state index in [1.165, 1.54) is 11.3 Å². The standard InChI is InChI=1S/C9H8BrN3OS/c1-4-3-15-9(11-4)7-12-5(2)6(10)8(14)13-7/h3H,1-2H3,(H,12,13,14). The first-order chi connectivity index (χ1) is 7.08. The smallest absolute Gasteiger partial charge is 0.265 e. The summed E-state index contributed by atoms with van der Waals surface area (Å²) in [6.07, 6.45) is 0. The molecule has 0 amide bonds. The lowest BCUT2D eigenvalue weighted by Gasteiger charge is -1.99. The number of aromatic nitrogens is 3. The quantitative estimate of drug-likeness (QED) is 0.875. The SMILES string of the molecule is Cc1csc(-c2nc(C)c(Br)c(=O)[nH]2)n1. The average molecular weight is 286 g/mol. The van der Waals surface area contributed by atoms with Gasteiger partial charge in [0, 0.05) is 11.1 Å². The van der Waals surface area contributed by atoms with E-state index in [1.807, 2.05) is 12.3 Å². The summed E-state index contributed by atoms with van der Waals surface area (Å²) in [6.45, 7) is 3.69. The van der Waals surface area contributed by atoms with E-state index < -0.39 is 0 Å². The maximum absolute atomic E-state index is 11.5. The molecule has 2 aromatic rings. The minimum absolute atomic E-state index is 0.176. The van der Waals surface area contributed by atoms with E-state index >= 15 is 0 Å². The van der Waals surface area contributed by atoms with Gasteiger partial charge in [-0.05, 0) is 29.8 Å². The number of nitrogens with zero attached hydrogens (tertiary/aromatic N) is 2. The maximum atomic E-state index is 11.5. The van der Waals surface area contributed by atoms with Crippen molar-refractivity contribution in [3.63, 3.8) is 0 Å². The monoisotopic (exact) mass is 285 g/mol. The number of nitrogens with one attached hydrogen (secondary N) is 1. The Morgan fingerprint density at radius 2 is 2.13 bits per heavy atom. The van der Waals surface area contributed by atoms with Crippen molar-refractivity contribution in [2.75, 3.05) is 0 Å². The molecule has 0 fully saturated rings. The topological polar surface area (TPSA) is 58.6 Å². The van der Waals surface area contributed by atoms with Gasteiger partial charge in [0.15, 0.2) is 10.8 Å². The highest BCUT2D eigenvalue weighted by Crippen LogP contribution is 2.20. The molecule has 2 aromatic heterocycles. The molecule has 0 saturated heterocycles. The third-order valence-corrected chi connectivity index (χ3v) is 3.75. The predicted molar refractivity (Wildman–Crippen MR) is 63.1 cm³/mol. The summed E-state index contributed by atoms with van der Waals surface area (Å²) in [6, 6.07) is 0. The lowest BCUT2D eigenvalue weighted by molar-refractivity contribution is 1.04. The Labute approximate surface area is 98.5 Å². The summed E-state index contributed by atoms with van der Waals surface area (Å²) in [5, 5.41) is 2.66. The van der Waals surface area contributed by atoms with Crippen LogP contribution in [-0.4, -0.2) is 15.0 Å². The molecule has 0 aromatic carbocycles. The van der Waals surface area contributed by atoms with Crippen molar-refractivity contribution < 1.29 is 0 Å². The minimum atomic E-state index is -0.176. The first-order valence-electron chi connectivity index (χ1n) is 4.27. The molecule has 2 heterocycles. The Kier molecular flexibility index (Phi) is 2.70. The summed E-state index contributed by atoms with van der Waals surface area (Å²) < 4.78 is 0.472. The Bertz CT molecular complexity index is 561. The molecule has 0 saturated carbocycles. The van der Waals surface area contributed by atoms with Gasteiger partial charge in [0.1, 0.15) is 4.47 Å². The second kappa shape index (κ2) is 3.86. The first-order valence-corrected chi connectivity index (χ1v) is 5.94. The highest BCUT2D eigenvalue weighted by atomic mass is 79.9. The Morgan fingerprint density at radius 3 is 2.67 bits per heavy atom. The number of halogens is 1. The van der Waals surface area contributed by atoms with Crippen LogP contribution in [0.3, 0.4) is 0 Å². The van der Waals surface area contributed by atoms with Crippen LogP contribution in [-0.2, 0) is 0 Å². The van der Waals surface area contributed by atoms with Gasteiger partial charge in [-0.3, -0.25) is 4.79 Å². The molecular formula is C9H8BrN3OS. The molecule has 0 atom stereocenters. The van der Waals surface area contributed by atoms with E-state index in [2.05, 4.69) is 30.9 Å². The van der Waals surface area contributed by atoms with Gasteiger partial charge in [-0.15, -0.1) is 11.3 Å². The van der Waals surface area contributed by atoms with Gasteiger partial charge < -0.3 is 4.98 Å². The van der Waals surface area contributed by atoms with Crippen LogP contribution in [0.4, 0.5) is 0 Å². The Morgan fingerprint density at radius 1 is 1.40 bits per heavy atom. The zero-order valence-electron chi connectivity index (χ0n) is 8.17. The van der Waals surface area contributed by atoms with Crippen LogP contribution in [0.25, 0.3) is 10.8 Å². The predicted octanol–water partition coefficient (Wildman–Crippen LogP) is 2.27. The number of hydrogen-bond acceptors (Lipinski definition) is 4. The van der Waals surface area contributed by atoms with E-state index in [4.69, 9.17) is 0 Å². The fraction of sp³-hybridized carbons (Fsp3) is 0.222. The molecular weight excluding hydrogens is 278 g/mol. The molecule has 0 unspecified atom stereocenters. The van der Waals surface area contributed by atoms with Crippen molar-refractivity contribution in [1.29, 1.82) is 0 Å². The van der Waals surface area contributed by atoms with Crippen LogP contribution in [0.15, 0.2) is 14.6 Å². The van der Waals surface area contributed by atoms with Crippen molar-refractivity contribution in [3.8, 4) is 10.8 Å². The number of rotatable bonds is 1. The summed E-state index contributed by atoms with van der Waals surface area (Å²) in [5.41, 5.74) is 1.42. The fourth-order valence-electron chi connectivity index (χ4n) is 1.14. The molecule has 0 aliphatic carbocycles.